The zero-order valence-electron chi connectivity index (χ0n) is 11.0. The SMILES string of the molecule is CCOc1ccccc1NCCc1ccc(Cl)cc1. The minimum absolute atomic E-state index is 0.676. The summed E-state index contributed by atoms with van der Waals surface area (Å²) in [6, 6.07) is 16.0. The van der Waals surface area contributed by atoms with Gasteiger partial charge in [0, 0.05) is 11.6 Å². The second-order valence-corrected chi connectivity index (χ2v) is 4.67. The molecule has 100 valence electrons. The topological polar surface area (TPSA) is 21.3 Å². The van der Waals surface area contributed by atoms with Gasteiger partial charge in [0.2, 0.25) is 0 Å². The minimum atomic E-state index is 0.676. The van der Waals surface area contributed by atoms with Gasteiger partial charge >= 0.3 is 0 Å². The van der Waals surface area contributed by atoms with Gasteiger partial charge < -0.3 is 10.1 Å². The lowest BCUT2D eigenvalue weighted by Crippen LogP contribution is -2.06. The van der Waals surface area contributed by atoms with Crippen LogP contribution in [-0.2, 0) is 6.42 Å². The highest BCUT2D eigenvalue weighted by atomic mass is 35.5. The van der Waals surface area contributed by atoms with Crippen molar-refractivity contribution in [2.75, 3.05) is 18.5 Å². The molecule has 0 aliphatic carbocycles. The van der Waals surface area contributed by atoms with Crippen molar-refractivity contribution in [3.05, 3.63) is 59.1 Å². The molecule has 1 N–H and O–H groups in total. The van der Waals surface area contributed by atoms with Crippen LogP contribution < -0.4 is 10.1 Å². The molecule has 3 heteroatoms. The zero-order chi connectivity index (χ0) is 13.5. The number of hydrogen-bond donors (Lipinski definition) is 1. The lowest BCUT2D eigenvalue weighted by Gasteiger charge is -2.12. The molecule has 19 heavy (non-hydrogen) atoms. The Morgan fingerprint density at radius 3 is 2.53 bits per heavy atom. The Balaban J connectivity index is 1.90. The Bertz CT molecular complexity index is 510. The summed E-state index contributed by atoms with van der Waals surface area (Å²) in [5, 5.41) is 4.18. The van der Waals surface area contributed by atoms with Gasteiger partial charge in [-0.2, -0.15) is 0 Å². The molecular formula is C16H18ClNO. The van der Waals surface area contributed by atoms with Crippen LogP contribution >= 0.6 is 11.6 Å². The second-order valence-electron chi connectivity index (χ2n) is 4.23. The van der Waals surface area contributed by atoms with Gasteiger partial charge in [0.05, 0.1) is 12.3 Å². The van der Waals surface area contributed by atoms with E-state index in [9.17, 15) is 0 Å². The molecular weight excluding hydrogens is 258 g/mol. The fourth-order valence-electron chi connectivity index (χ4n) is 1.89. The van der Waals surface area contributed by atoms with Gasteiger partial charge in [0.25, 0.3) is 0 Å². The van der Waals surface area contributed by atoms with E-state index in [4.69, 9.17) is 16.3 Å². The smallest absolute Gasteiger partial charge is 0.142 e. The first-order valence-corrected chi connectivity index (χ1v) is 6.87. The van der Waals surface area contributed by atoms with Gasteiger partial charge in [-0.25, -0.2) is 0 Å². The van der Waals surface area contributed by atoms with Gasteiger partial charge in [-0.15, -0.1) is 0 Å². The Morgan fingerprint density at radius 2 is 1.79 bits per heavy atom. The zero-order valence-corrected chi connectivity index (χ0v) is 11.8. The number of nitrogens with one attached hydrogen (secondary N) is 1. The molecule has 0 amide bonds. The summed E-state index contributed by atoms with van der Waals surface area (Å²) in [4.78, 5) is 0. The first kappa shape index (κ1) is 13.8. The molecule has 0 aromatic heterocycles. The van der Waals surface area contributed by atoms with E-state index in [0.717, 1.165) is 29.4 Å². The van der Waals surface area contributed by atoms with Crippen LogP contribution in [0.4, 0.5) is 5.69 Å². The van der Waals surface area contributed by atoms with E-state index in [1.165, 1.54) is 5.56 Å². The van der Waals surface area contributed by atoms with E-state index in [0.29, 0.717) is 6.61 Å². The maximum absolute atomic E-state index is 5.86. The summed E-state index contributed by atoms with van der Waals surface area (Å²) in [6.07, 6.45) is 0.956. The summed E-state index contributed by atoms with van der Waals surface area (Å²) >= 11 is 5.86. The molecule has 0 atom stereocenters. The van der Waals surface area contributed by atoms with Crippen molar-refractivity contribution in [2.45, 2.75) is 13.3 Å². The average molecular weight is 276 g/mol. The number of para-hydroxylation sites is 2. The van der Waals surface area contributed by atoms with E-state index in [1.54, 1.807) is 0 Å². The third-order valence-electron chi connectivity index (χ3n) is 2.83. The van der Waals surface area contributed by atoms with Crippen LogP contribution in [0, 0.1) is 0 Å². The van der Waals surface area contributed by atoms with Gasteiger partial charge in [0.15, 0.2) is 0 Å². The van der Waals surface area contributed by atoms with Crippen LogP contribution in [0.15, 0.2) is 48.5 Å². The molecule has 2 rings (SSSR count). The monoisotopic (exact) mass is 275 g/mol. The van der Waals surface area contributed by atoms with Crippen molar-refractivity contribution in [1.29, 1.82) is 0 Å². The maximum atomic E-state index is 5.86. The standard InChI is InChI=1S/C16H18ClNO/c1-2-19-16-6-4-3-5-15(16)18-12-11-13-7-9-14(17)10-8-13/h3-10,18H,2,11-12H2,1H3. The van der Waals surface area contributed by atoms with E-state index < -0.39 is 0 Å². The fourth-order valence-corrected chi connectivity index (χ4v) is 2.01. The molecule has 0 unspecified atom stereocenters. The van der Waals surface area contributed by atoms with Crippen molar-refractivity contribution >= 4 is 17.3 Å². The quantitative estimate of drug-likeness (QED) is 0.844. The molecule has 0 fully saturated rings. The van der Waals surface area contributed by atoms with Gasteiger partial charge in [-0.05, 0) is 43.2 Å². The molecule has 2 nitrogen and oxygen atoms in total. The Morgan fingerprint density at radius 1 is 1.05 bits per heavy atom. The number of ether oxygens (including phenoxy) is 1. The molecule has 0 heterocycles. The predicted octanol–water partition coefficient (Wildman–Crippen LogP) is 4.39. The third-order valence-corrected chi connectivity index (χ3v) is 3.08. The van der Waals surface area contributed by atoms with Crippen LogP contribution in [0.1, 0.15) is 12.5 Å². The summed E-state index contributed by atoms with van der Waals surface area (Å²) in [5.74, 6) is 0.904. The van der Waals surface area contributed by atoms with Crippen LogP contribution in [-0.4, -0.2) is 13.2 Å². The van der Waals surface area contributed by atoms with Crippen molar-refractivity contribution in [3.63, 3.8) is 0 Å². The Labute approximate surface area is 119 Å². The van der Waals surface area contributed by atoms with E-state index in [1.807, 2.05) is 43.3 Å². The summed E-state index contributed by atoms with van der Waals surface area (Å²) in [5.41, 5.74) is 2.31. The van der Waals surface area contributed by atoms with Crippen LogP contribution in [0.25, 0.3) is 0 Å². The van der Waals surface area contributed by atoms with Crippen molar-refractivity contribution in [1.82, 2.24) is 0 Å². The average Bonchev–Trinajstić information content (AvgIpc) is 2.43. The van der Waals surface area contributed by atoms with Crippen LogP contribution in [0.5, 0.6) is 5.75 Å². The maximum Gasteiger partial charge on any atom is 0.142 e. The normalized spacial score (nSPS) is 10.2. The lowest BCUT2D eigenvalue weighted by atomic mass is 10.1. The number of rotatable bonds is 6. The van der Waals surface area contributed by atoms with Crippen molar-refractivity contribution in [3.8, 4) is 5.75 Å². The highest BCUT2D eigenvalue weighted by Gasteiger charge is 2.01. The number of halogens is 1. The Hall–Kier alpha value is -1.67. The fraction of sp³-hybridized carbons (Fsp3) is 0.250. The largest absolute Gasteiger partial charge is 0.492 e. The molecule has 2 aromatic carbocycles. The van der Waals surface area contributed by atoms with Crippen molar-refractivity contribution < 1.29 is 4.74 Å². The molecule has 0 spiro atoms. The molecule has 0 bridgehead atoms. The van der Waals surface area contributed by atoms with Gasteiger partial charge in [-0.3, -0.25) is 0 Å². The molecule has 0 radical (unpaired) electrons. The van der Waals surface area contributed by atoms with Gasteiger partial charge in [0.1, 0.15) is 5.75 Å². The third kappa shape index (κ3) is 4.18. The number of hydrogen-bond acceptors (Lipinski definition) is 2. The molecule has 0 aliphatic heterocycles. The molecule has 2 aromatic rings. The number of anilines is 1. The minimum Gasteiger partial charge on any atom is -0.492 e. The van der Waals surface area contributed by atoms with E-state index in [2.05, 4.69) is 17.4 Å². The van der Waals surface area contributed by atoms with Crippen molar-refractivity contribution in [2.24, 2.45) is 0 Å². The highest BCUT2D eigenvalue weighted by molar-refractivity contribution is 6.30. The van der Waals surface area contributed by atoms with E-state index in [-0.39, 0.29) is 0 Å². The van der Waals surface area contributed by atoms with Crippen LogP contribution in [0.3, 0.4) is 0 Å². The molecule has 0 saturated heterocycles. The summed E-state index contributed by atoms with van der Waals surface area (Å²) in [7, 11) is 0. The highest BCUT2D eigenvalue weighted by Crippen LogP contribution is 2.23. The van der Waals surface area contributed by atoms with Crippen LogP contribution in [0.2, 0.25) is 5.02 Å². The first-order valence-electron chi connectivity index (χ1n) is 6.49. The first-order chi connectivity index (χ1) is 9.29. The molecule has 0 saturated carbocycles. The lowest BCUT2D eigenvalue weighted by molar-refractivity contribution is 0.341. The van der Waals surface area contributed by atoms with Gasteiger partial charge in [-0.1, -0.05) is 35.9 Å². The second kappa shape index (κ2) is 7.05. The molecule has 0 aliphatic rings. The predicted molar refractivity (Wildman–Crippen MR) is 81.3 cm³/mol. The summed E-state index contributed by atoms with van der Waals surface area (Å²) < 4.78 is 5.58. The Kier molecular flexibility index (Phi) is 5.10. The number of benzene rings is 2. The van der Waals surface area contributed by atoms with E-state index >= 15 is 0 Å². The summed E-state index contributed by atoms with van der Waals surface area (Å²) in [6.45, 7) is 3.53.